The van der Waals surface area contributed by atoms with Crippen molar-refractivity contribution in [1.82, 2.24) is 15.1 Å². The first-order valence-corrected chi connectivity index (χ1v) is 10.5. The summed E-state index contributed by atoms with van der Waals surface area (Å²) in [5.74, 6) is 0.954. The summed E-state index contributed by atoms with van der Waals surface area (Å²) in [6.45, 7) is 0.914. The molecule has 4 rings (SSSR count). The van der Waals surface area contributed by atoms with E-state index < -0.39 is 0 Å². The van der Waals surface area contributed by atoms with Crippen molar-refractivity contribution in [2.75, 3.05) is 13.7 Å². The van der Waals surface area contributed by atoms with E-state index in [1.807, 2.05) is 77.6 Å². The molecule has 1 heterocycles. The summed E-state index contributed by atoms with van der Waals surface area (Å²) in [4.78, 5) is 12.6. The Labute approximate surface area is 187 Å². The lowest BCUT2D eigenvalue weighted by Gasteiger charge is -2.12. The minimum Gasteiger partial charge on any atom is -0.493 e. The summed E-state index contributed by atoms with van der Waals surface area (Å²) in [5.41, 5.74) is 3.50. The van der Waals surface area contributed by atoms with Crippen molar-refractivity contribution in [2.24, 2.45) is 0 Å². The number of aromatic nitrogens is 2. The van der Waals surface area contributed by atoms with Crippen LogP contribution in [0.1, 0.15) is 21.6 Å². The Balaban J connectivity index is 1.32. The van der Waals surface area contributed by atoms with Crippen molar-refractivity contribution in [2.45, 2.75) is 13.0 Å². The summed E-state index contributed by atoms with van der Waals surface area (Å²) < 4.78 is 13.1. The molecule has 0 bridgehead atoms. The standard InChI is InChI=1S/C26H25N3O3/c1-31-25-18-21(12-13-24(25)32-19-20-8-4-2-5-9-20)26(30)27-16-14-22-15-17-29(28-22)23-10-6-3-7-11-23/h2-13,15,17-18H,14,16,19H2,1H3,(H,27,30). The van der Waals surface area contributed by atoms with Gasteiger partial charge in [0.2, 0.25) is 0 Å². The highest BCUT2D eigenvalue weighted by Crippen LogP contribution is 2.28. The van der Waals surface area contributed by atoms with Gasteiger partial charge < -0.3 is 14.8 Å². The summed E-state index contributed by atoms with van der Waals surface area (Å²) in [5, 5.41) is 7.50. The molecule has 3 aromatic carbocycles. The van der Waals surface area contributed by atoms with E-state index in [1.54, 1.807) is 25.3 Å². The first kappa shape index (κ1) is 21.2. The first-order valence-electron chi connectivity index (χ1n) is 10.5. The van der Waals surface area contributed by atoms with Crippen LogP contribution in [0.25, 0.3) is 5.69 Å². The molecule has 162 valence electrons. The number of rotatable bonds is 9. The van der Waals surface area contributed by atoms with Crippen LogP contribution in [0.5, 0.6) is 11.5 Å². The molecule has 4 aromatic rings. The smallest absolute Gasteiger partial charge is 0.251 e. The predicted octanol–water partition coefficient (Wildman–Crippen LogP) is 4.43. The number of carbonyl (C=O) groups is 1. The lowest BCUT2D eigenvalue weighted by atomic mass is 10.2. The maximum atomic E-state index is 12.6. The number of ether oxygens (including phenoxy) is 2. The summed E-state index contributed by atoms with van der Waals surface area (Å²) in [6, 6.07) is 27.0. The molecule has 0 fully saturated rings. The molecule has 1 amide bonds. The summed E-state index contributed by atoms with van der Waals surface area (Å²) in [6.07, 6.45) is 2.56. The van der Waals surface area contributed by atoms with Crippen molar-refractivity contribution in [3.63, 3.8) is 0 Å². The Morgan fingerprint density at radius 2 is 1.69 bits per heavy atom. The largest absolute Gasteiger partial charge is 0.493 e. The molecule has 0 aliphatic heterocycles. The van der Waals surface area contributed by atoms with Crippen molar-refractivity contribution in [3.05, 3.63) is 108 Å². The third-order valence-electron chi connectivity index (χ3n) is 4.99. The molecule has 32 heavy (non-hydrogen) atoms. The summed E-state index contributed by atoms with van der Waals surface area (Å²) >= 11 is 0. The van der Waals surface area contributed by atoms with E-state index in [1.165, 1.54) is 0 Å². The van der Waals surface area contributed by atoms with Gasteiger partial charge in [-0.05, 0) is 42.0 Å². The molecule has 1 aromatic heterocycles. The van der Waals surface area contributed by atoms with Crippen LogP contribution in [-0.2, 0) is 13.0 Å². The lowest BCUT2D eigenvalue weighted by Crippen LogP contribution is -2.25. The molecule has 0 atom stereocenters. The van der Waals surface area contributed by atoms with Gasteiger partial charge >= 0.3 is 0 Å². The summed E-state index contributed by atoms with van der Waals surface area (Å²) in [7, 11) is 1.56. The van der Waals surface area contributed by atoms with E-state index in [-0.39, 0.29) is 5.91 Å². The molecule has 0 radical (unpaired) electrons. The highest BCUT2D eigenvalue weighted by molar-refractivity contribution is 5.94. The average molecular weight is 428 g/mol. The maximum Gasteiger partial charge on any atom is 0.251 e. The zero-order valence-electron chi connectivity index (χ0n) is 17.9. The number of carbonyl (C=O) groups excluding carboxylic acids is 1. The van der Waals surface area contributed by atoms with Crippen LogP contribution < -0.4 is 14.8 Å². The second kappa shape index (κ2) is 10.3. The van der Waals surface area contributed by atoms with Gasteiger partial charge in [0, 0.05) is 24.7 Å². The third-order valence-corrected chi connectivity index (χ3v) is 4.99. The Kier molecular flexibility index (Phi) is 6.82. The fourth-order valence-electron chi connectivity index (χ4n) is 3.29. The van der Waals surface area contributed by atoms with Crippen molar-refractivity contribution >= 4 is 5.91 Å². The normalized spacial score (nSPS) is 10.5. The fourth-order valence-corrected chi connectivity index (χ4v) is 3.29. The highest BCUT2D eigenvalue weighted by atomic mass is 16.5. The van der Waals surface area contributed by atoms with Crippen LogP contribution in [0.4, 0.5) is 0 Å². The molecular weight excluding hydrogens is 402 g/mol. The predicted molar refractivity (Wildman–Crippen MR) is 123 cm³/mol. The topological polar surface area (TPSA) is 65.4 Å². The zero-order chi connectivity index (χ0) is 22.2. The van der Waals surface area contributed by atoms with Crippen molar-refractivity contribution < 1.29 is 14.3 Å². The Morgan fingerprint density at radius 3 is 2.44 bits per heavy atom. The quantitative estimate of drug-likeness (QED) is 0.429. The molecular formula is C26H25N3O3. The van der Waals surface area contributed by atoms with Gasteiger partial charge in [-0.25, -0.2) is 4.68 Å². The van der Waals surface area contributed by atoms with Crippen LogP contribution in [0.3, 0.4) is 0 Å². The molecule has 0 unspecified atom stereocenters. The number of benzene rings is 3. The van der Waals surface area contributed by atoms with Gasteiger partial charge in [0.1, 0.15) is 6.61 Å². The van der Waals surface area contributed by atoms with Gasteiger partial charge in [0.05, 0.1) is 18.5 Å². The Morgan fingerprint density at radius 1 is 0.938 bits per heavy atom. The van der Waals surface area contributed by atoms with E-state index in [4.69, 9.17) is 9.47 Å². The Hall–Kier alpha value is -4.06. The number of nitrogens with zero attached hydrogens (tertiary/aromatic N) is 2. The van der Waals surface area contributed by atoms with Gasteiger partial charge in [0.25, 0.3) is 5.91 Å². The monoisotopic (exact) mass is 427 g/mol. The van der Waals surface area contributed by atoms with E-state index >= 15 is 0 Å². The minimum atomic E-state index is -0.166. The van der Waals surface area contributed by atoms with Crippen LogP contribution in [0.15, 0.2) is 91.1 Å². The molecule has 1 N–H and O–H groups in total. The average Bonchev–Trinajstić information content (AvgIpc) is 3.32. The number of hydrogen-bond acceptors (Lipinski definition) is 4. The molecule has 0 spiro atoms. The van der Waals surface area contributed by atoms with E-state index in [9.17, 15) is 4.79 Å². The Bertz CT molecular complexity index is 1160. The van der Waals surface area contributed by atoms with E-state index in [0.717, 1.165) is 16.9 Å². The van der Waals surface area contributed by atoms with Gasteiger partial charge in [-0.3, -0.25) is 4.79 Å². The number of amides is 1. The third kappa shape index (κ3) is 5.35. The minimum absolute atomic E-state index is 0.166. The van der Waals surface area contributed by atoms with E-state index in [0.29, 0.717) is 36.6 Å². The van der Waals surface area contributed by atoms with Gasteiger partial charge in [-0.2, -0.15) is 5.10 Å². The van der Waals surface area contributed by atoms with Crippen LogP contribution in [-0.4, -0.2) is 29.3 Å². The number of nitrogens with one attached hydrogen (secondary N) is 1. The van der Waals surface area contributed by atoms with E-state index in [2.05, 4.69) is 10.4 Å². The molecule has 0 saturated heterocycles. The van der Waals surface area contributed by atoms with Crippen molar-refractivity contribution in [1.29, 1.82) is 0 Å². The maximum absolute atomic E-state index is 12.6. The van der Waals surface area contributed by atoms with Gasteiger partial charge in [0.15, 0.2) is 11.5 Å². The SMILES string of the molecule is COc1cc(C(=O)NCCc2ccn(-c3ccccc3)n2)ccc1OCc1ccccc1. The number of hydrogen-bond donors (Lipinski definition) is 1. The van der Waals surface area contributed by atoms with Crippen LogP contribution in [0, 0.1) is 0 Å². The number of para-hydroxylation sites is 1. The molecule has 0 aliphatic carbocycles. The zero-order valence-corrected chi connectivity index (χ0v) is 17.9. The number of methoxy groups -OCH3 is 1. The highest BCUT2D eigenvalue weighted by Gasteiger charge is 2.12. The fraction of sp³-hybridized carbons (Fsp3) is 0.154. The van der Waals surface area contributed by atoms with Crippen LogP contribution in [0.2, 0.25) is 0 Å². The first-order chi connectivity index (χ1) is 15.7. The van der Waals surface area contributed by atoms with Gasteiger partial charge in [-0.15, -0.1) is 0 Å². The molecule has 0 saturated carbocycles. The molecule has 0 aliphatic rings. The van der Waals surface area contributed by atoms with Crippen LogP contribution >= 0.6 is 0 Å². The second-order valence-corrected chi connectivity index (χ2v) is 7.23. The lowest BCUT2D eigenvalue weighted by molar-refractivity contribution is 0.0953. The second-order valence-electron chi connectivity index (χ2n) is 7.23. The molecule has 6 heteroatoms. The molecule has 6 nitrogen and oxygen atoms in total. The van der Waals surface area contributed by atoms with Gasteiger partial charge in [-0.1, -0.05) is 48.5 Å². The van der Waals surface area contributed by atoms with Crippen molar-refractivity contribution in [3.8, 4) is 17.2 Å².